The minimum Gasteiger partial charge on any atom is -0.490 e. The highest BCUT2D eigenvalue weighted by atomic mass is 79.9. The van der Waals surface area contributed by atoms with Gasteiger partial charge in [0.15, 0.2) is 16.7 Å². The van der Waals surface area contributed by atoms with E-state index < -0.39 is 5.25 Å². The normalized spacial score (nSPS) is 11.8. The topological polar surface area (TPSA) is 92.3 Å². The predicted octanol–water partition coefficient (Wildman–Crippen LogP) is 6.43. The third-order valence-corrected chi connectivity index (χ3v) is 7.03. The number of nitrogens with zero attached hydrogens (tertiary/aromatic N) is 4. The van der Waals surface area contributed by atoms with E-state index in [4.69, 9.17) is 9.47 Å². The summed E-state index contributed by atoms with van der Waals surface area (Å²) >= 11 is 4.74. The first-order valence-electron chi connectivity index (χ1n) is 11.3. The molecule has 0 amide bonds. The van der Waals surface area contributed by atoms with Crippen LogP contribution >= 0.6 is 27.7 Å². The summed E-state index contributed by atoms with van der Waals surface area (Å²) in [5.74, 6) is 1.83. The fourth-order valence-electron chi connectivity index (χ4n) is 3.62. The van der Waals surface area contributed by atoms with Gasteiger partial charge >= 0.3 is 0 Å². The Kier molecular flexibility index (Phi) is 8.61. The summed E-state index contributed by atoms with van der Waals surface area (Å²) in [5, 5.41) is 20.2. The maximum Gasteiger partial charge on any atom is 0.220 e. The molecule has 0 bridgehead atoms. The number of thioether (sulfide) groups is 1. The molecule has 0 radical (unpaired) electrons. The van der Waals surface area contributed by atoms with E-state index in [1.165, 1.54) is 11.8 Å². The van der Waals surface area contributed by atoms with Gasteiger partial charge in [-0.25, -0.2) is 0 Å². The van der Waals surface area contributed by atoms with Crippen LogP contribution in [0.3, 0.4) is 0 Å². The van der Waals surface area contributed by atoms with E-state index in [-0.39, 0.29) is 11.5 Å². The standard InChI is InChI=1S/C26H25BrN4O4S/c1-3-34-24-15-20(11-14-23(24)35-17-19-9-12-21(27)13-10-19)25(16-30(32)33)36-26-29-28-18(2)31(26)22-7-5-4-6-8-22/h4-15,25H,3,16-17H2,1-2H3/t25-/m1/s1. The van der Waals surface area contributed by atoms with Crippen LogP contribution in [-0.4, -0.2) is 32.8 Å². The zero-order chi connectivity index (χ0) is 25.5. The van der Waals surface area contributed by atoms with Gasteiger partial charge in [0.2, 0.25) is 6.54 Å². The number of halogens is 1. The first-order valence-corrected chi connectivity index (χ1v) is 13.0. The van der Waals surface area contributed by atoms with Crippen molar-refractivity contribution in [3.63, 3.8) is 0 Å². The highest BCUT2D eigenvalue weighted by Gasteiger charge is 2.25. The van der Waals surface area contributed by atoms with Crippen molar-refractivity contribution in [2.24, 2.45) is 0 Å². The lowest BCUT2D eigenvalue weighted by molar-refractivity contribution is -0.479. The summed E-state index contributed by atoms with van der Waals surface area (Å²) in [7, 11) is 0. The van der Waals surface area contributed by atoms with Crippen LogP contribution in [0.25, 0.3) is 5.69 Å². The second kappa shape index (κ2) is 12.0. The highest BCUT2D eigenvalue weighted by molar-refractivity contribution is 9.10. The second-order valence-electron chi connectivity index (χ2n) is 7.88. The van der Waals surface area contributed by atoms with E-state index in [9.17, 15) is 10.1 Å². The van der Waals surface area contributed by atoms with Crippen LogP contribution in [0, 0.1) is 17.0 Å². The van der Waals surface area contributed by atoms with Crippen LogP contribution in [0.1, 0.15) is 29.1 Å². The van der Waals surface area contributed by atoms with Crippen LogP contribution in [0.15, 0.2) is 82.4 Å². The van der Waals surface area contributed by atoms with E-state index in [1.807, 2.05) is 85.1 Å². The summed E-state index contributed by atoms with van der Waals surface area (Å²) < 4.78 is 14.8. The Morgan fingerprint density at radius 2 is 1.78 bits per heavy atom. The van der Waals surface area contributed by atoms with Crippen molar-refractivity contribution >= 4 is 27.7 Å². The molecule has 0 saturated carbocycles. The Labute approximate surface area is 221 Å². The summed E-state index contributed by atoms with van der Waals surface area (Å²) in [6.45, 7) is 4.28. The molecule has 186 valence electrons. The van der Waals surface area contributed by atoms with Crippen molar-refractivity contribution in [2.45, 2.75) is 30.9 Å². The quantitative estimate of drug-likeness (QED) is 0.117. The molecule has 36 heavy (non-hydrogen) atoms. The van der Waals surface area contributed by atoms with Gasteiger partial charge in [0.25, 0.3) is 0 Å². The van der Waals surface area contributed by atoms with Crippen LogP contribution in [0.4, 0.5) is 0 Å². The van der Waals surface area contributed by atoms with Gasteiger partial charge in [0.05, 0.1) is 6.61 Å². The highest BCUT2D eigenvalue weighted by Crippen LogP contribution is 2.39. The fourth-order valence-corrected chi connectivity index (χ4v) is 5.05. The van der Waals surface area contributed by atoms with Crippen LogP contribution < -0.4 is 9.47 Å². The number of aromatic nitrogens is 3. The zero-order valence-electron chi connectivity index (χ0n) is 19.8. The molecule has 0 spiro atoms. The zero-order valence-corrected chi connectivity index (χ0v) is 22.2. The van der Waals surface area contributed by atoms with Crippen LogP contribution in [0.5, 0.6) is 11.5 Å². The maximum atomic E-state index is 11.6. The Hall–Kier alpha value is -3.37. The fraction of sp³-hybridized carbons (Fsp3) is 0.231. The lowest BCUT2D eigenvalue weighted by Gasteiger charge is -2.17. The Morgan fingerprint density at radius 1 is 1.03 bits per heavy atom. The molecule has 1 heterocycles. The van der Waals surface area contributed by atoms with Crippen LogP contribution in [-0.2, 0) is 6.61 Å². The number of rotatable bonds is 11. The van der Waals surface area contributed by atoms with Gasteiger partial charge in [-0.3, -0.25) is 14.7 Å². The van der Waals surface area contributed by atoms with Crippen molar-refractivity contribution < 1.29 is 14.4 Å². The second-order valence-corrected chi connectivity index (χ2v) is 9.96. The van der Waals surface area contributed by atoms with Gasteiger partial charge in [-0.2, -0.15) is 0 Å². The molecule has 0 saturated heterocycles. The monoisotopic (exact) mass is 568 g/mol. The number of aryl methyl sites for hydroxylation is 1. The van der Waals surface area contributed by atoms with Gasteiger partial charge < -0.3 is 9.47 Å². The molecule has 0 N–H and O–H groups in total. The molecule has 0 aliphatic heterocycles. The lowest BCUT2D eigenvalue weighted by atomic mass is 10.1. The molecule has 1 aromatic heterocycles. The van der Waals surface area contributed by atoms with E-state index in [2.05, 4.69) is 26.1 Å². The SMILES string of the molecule is CCOc1cc([C@@H](C[N+](=O)[O-])Sc2nnc(C)n2-c2ccccc2)ccc1OCc1ccc(Br)cc1. The number of hydrogen-bond donors (Lipinski definition) is 0. The molecule has 0 unspecified atom stereocenters. The summed E-state index contributed by atoms with van der Waals surface area (Å²) in [6, 6.07) is 23.0. The van der Waals surface area contributed by atoms with Crippen molar-refractivity contribution in [3.8, 4) is 17.2 Å². The maximum absolute atomic E-state index is 11.6. The summed E-state index contributed by atoms with van der Waals surface area (Å²) in [5.41, 5.74) is 2.66. The Balaban J connectivity index is 1.61. The largest absolute Gasteiger partial charge is 0.490 e. The molecule has 8 nitrogen and oxygen atoms in total. The van der Waals surface area contributed by atoms with Gasteiger partial charge in [-0.05, 0) is 61.4 Å². The van der Waals surface area contributed by atoms with E-state index in [1.54, 1.807) is 6.07 Å². The molecular weight excluding hydrogens is 544 g/mol. The van der Waals surface area contributed by atoms with E-state index in [0.717, 1.165) is 21.3 Å². The Bertz CT molecular complexity index is 1320. The molecule has 1 atom stereocenters. The van der Waals surface area contributed by atoms with Crippen molar-refractivity contribution in [1.82, 2.24) is 14.8 Å². The predicted molar refractivity (Wildman–Crippen MR) is 143 cm³/mol. The van der Waals surface area contributed by atoms with E-state index in [0.29, 0.717) is 35.7 Å². The van der Waals surface area contributed by atoms with Gasteiger partial charge in [0, 0.05) is 15.1 Å². The first kappa shape index (κ1) is 25.7. The average Bonchev–Trinajstić information content (AvgIpc) is 3.24. The molecule has 10 heteroatoms. The van der Waals surface area contributed by atoms with Crippen molar-refractivity contribution in [2.75, 3.05) is 13.2 Å². The number of hydrogen-bond acceptors (Lipinski definition) is 7. The molecule has 0 aliphatic carbocycles. The third kappa shape index (κ3) is 6.44. The summed E-state index contributed by atoms with van der Waals surface area (Å²) in [6.07, 6.45) is 0. The van der Waals surface area contributed by atoms with Gasteiger partial charge in [-0.1, -0.05) is 64.1 Å². The van der Waals surface area contributed by atoms with E-state index >= 15 is 0 Å². The van der Waals surface area contributed by atoms with Crippen molar-refractivity contribution in [1.29, 1.82) is 0 Å². The average molecular weight is 569 g/mol. The van der Waals surface area contributed by atoms with Crippen LogP contribution in [0.2, 0.25) is 0 Å². The molecule has 0 fully saturated rings. The molecule has 4 aromatic rings. The van der Waals surface area contributed by atoms with Crippen molar-refractivity contribution in [3.05, 3.63) is 104 Å². The molecule has 0 aliphatic rings. The number of para-hydroxylation sites is 1. The first-order chi connectivity index (χ1) is 17.4. The third-order valence-electron chi connectivity index (χ3n) is 5.32. The lowest BCUT2D eigenvalue weighted by Crippen LogP contribution is -2.11. The molecule has 4 rings (SSSR count). The van der Waals surface area contributed by atoms with Gasteiger partial charge in [0.1, 0.15) is 17.7 Å². The number of nitro groups is 1. The Morgan fingerprint density at radius 3 is 2.47 bits per heavy atom. The minimum atomic E-state index is -0.509. The number of benzene rings is 3. The smallest absolute Gasteiger partial charge is 0.220 e. The number of ether oxygens (including phenoxy) is 2. The summed E-state index contributed by atoms with van der Waals surface area (Å²) in [4.78, 5) is 11.3. The van der Waals surface area contributed by atoms with Gasteiger partial charge in [-0.15, -0.1) is 10.2 Å². The molecule has 3 aromatic carbocycles. The molecular formula is C26H25BrN4O4S. The minimum absolute atomic E-state index is 0.282.